The Morgan fingerprint density at radius 2 is 1.74 bits per heavy atom. The summed E-state index contributed by atoms with van der Waals surface area (Å²) in [6.45, 7) is 2.90. The van der Waals surface area contributed by atoms with Crippen LogP contribution in [0, 0.1) is 17.2 Å². The Hall–Kier alpha value is -3.77. The van der Waals surface area contributed by atoms with Crippen molar-refractivity contribution in [2.45, 2.75) is 31.4 Å². The Labute approximate surface area is 202 Å². The Morgan fingerprint density at radius 3 is 2.38 bits per heavy atom. The fraction of sp³-hybridized carbons (Fsp3) is 0.280. The molecule has 1 amide bonds. The number of esters is 1. The molecule has 0 spiro atoms. The van der Waals surface area contributed by atoms with E-state index < -0.39 is 30.5 Å². The minimum atomic E-state index is -1.01. The second kappa shape index (κ2) is 11.4. The summed E-state index contributed by atoms with van der Waals surface area (Å²) in [7, 11) is 1.77. The van der Waals surface area contributed by atoms with Crippen LogP contribution in [0.25, 0.3) is 0 Å². The third-order valence-electron chi connectivity index (χ3n) is 5.09. The van der Waals surface area contributed by atoms with Crippen molar-refractivity contribution >= 4 is 35.3 Å². The van der Waals surface area contributed by atoms with E-state index in [1.807, 2.05) is 60.7 Å². The molecule has 3 rings (SSSR count). The van der Waals surface area contributed by atoms with Crippen molar-refractivity contribution in [3.8, 4) is 6.07 Å². The van der Waals surface area contributed by atoms with Crippen LogP contribution in [-0.4, -0.2) is 37.5 Å². The van der Waals surface area contributed by atoms with E-state index in [9.17, 15) is 19.6 Å². The van der Waals surface area contributed by atoms with Gasteiger partial charge in [0.05, 0.1) is 5.69 Å². The van der Waals surface area contributed by atoms with Crippen LogP contribution in [0.2, 0.25) is 0 Å². The highest BCUT2D eigenvalue weighted by atomic mass is 32.2. The molecule has 2 aromatic carbocycles. The molecule has 0 fully saturated rings. The van der Waals surface area contributed by atoms with E-state index in [0.717, 1.165) is 16.1 Å². The lowest BCUT2D eigenvalue weighted by Crippen LogP contribution is -2.46. The Morgan fingerprint density at radius 1 is 1.06 bits per heavy atom. The molecule has 0 bridgehead atoms. The zero-order valence-electron chi connectivity index (χ0n) is 19.1. The van der Waals surface area contributed by atoms with E-state index in [4.69, 9.17) is 9.47 Å². The monoisotopic (exact) mass is 479 g/mol. The number of para-hydroxylation sites is 1. The summed E-state index contributed by atoms with van der Waals surface area (Å²) >= 11 is 1.31. The standard InChI is InChI=1S/C25H25N3O5S/c1-16(2)22(27-25(31)33-14-17-9-5-4-6-10-17)24(30)32-15-20(29)18(13-26)23-28(3)19-11-7-8-12-21(19)34-23/h4-12,16,22H,14-15H2,1-3H3,(H,27,31)/t22-/m0/s1. The molecule has 34 heavy (non-hydrogen) atoms. The number of benzene rings is 2. The number of hydrogen-bond donors (Lipinski definition) is 1. The highest BCUT2D eigenvalue weighted by Crippen LogP contribution is 2.46. The van der Waals surface area contributed by atoms with Gasteiger partial charge in [-0.2, -0.15) is 5.26 Å². The van der Waals surface area contributed by atoms with Crippen LogP contribution in [-0.2, 0) is 25.7 Å². The molecule has 1 aliphatic rings. The van der Waals surface area contributed by atoms with E-state index in [2.05, 4.69) is 5.32 Å². The van der Waals surface area contributed by atoms with Gasteiger partial charge >= 0.3 is 12.1 Å². The van der Waals surface area contributed by atoms with E-state index in [0.29, 0.717) is 5.03 Å². The van der Waals surface area contributed by atoms with E-state index in [1.165, 1.54) is 11.8 Å². The fourth-order valence-electron chi connectivity index (χ4n) is 3.24. The Bertz CT molecular complexity index is 1140. The van der Waals surface area contributed by atoms with Gasteiger partial charge < -0.3 is 19.7 Å². The van der Waals surface area contributed by atoms with Gasteiger partial charge in [-0.15, -0.1) is 0 Å². The Balaban J connectivity index is 1.59. The van der Waals surface area contributed by atoms with Crippen LogP contribution in [0.4, 0.5) is 10.5 Å². The molecule has 1 aliphatic heterocycles. The quantitative estimate of drug-likeness (QED) is 0.343. The normalized spacial score (nSPS) is 14.6. The molecule has 0 saturated carbocycles. The second-order valence-corrected chi connectivity index (χ2v) is 8.91. The minimum Gasteiger partial charge on any atom is -0.456 e. The van der Waals surface area contributed by atoms with Gasteiger partial charge in [0.1, 0.15) is 29.3 Å². The van der Waals surface area contributed by atoms with Crippen molar-refractivity contribution in [3.63, 3.8) is 0 Å². The number of carbonyl (C=O) groups is 3. The van der Waals surface area contributed by atoms with Crippen LogP contribution in [0.3, 0.4) is 0 Å². The average molecular weight is 480 g/mol. The molecule has 1 atom stereocenters. The van der Waals surface area contributed by atoms with Crippen molar-refractivity contribution < 1.29 is 23.9 Å². The maximum absolute atomic E-state index is 12.7. The van der Waals surface area contributed by atoms with Crippen LogP contribution in [0.15, 0.2) is 70.1 Å². The fourth-order valence-corrected chi connectivity index (χ4v) is 4.40. The number of thioether (sulfide) groups is 1. The lowest BCUT2D eigenvalue weighted by Gasteiger charge is -2.20. The second-order valence-electron chi connectivity index (χ2n) is 7.88. The van der Waals surface area contributed by atoms with Gasteiger partial charge in [-0.1, -0.05) is 68.1 Å². The number of ether oxygens (including phenoxy) is 2. The van der Waals surface area contributed by atoms with Crippen LogP contribution in [0.5, 0.6) is 0 Å². The number of hydrogen-bond acceptors (Lipinski definition) is 8. The first kappa shape index (κ1) is 24.9. The third-order valence-corrected chi connectivity index (χ3v) is 6.33. The summed E-state index contributed by atoms with van der Waals surface area (Å²) < 4.78 is 10.3. The topological polar surface area (TPSA) is 109 Å². The number of carbonyl (C=O) groups excluding carboxylic acids is 3. The number of nitrogens with zero attached hydrogens (tertiary/aromatic N) is 2. The molecule has 1 N–H and O–H groups in total. The number of amides is 1. The molecule has 1 heterocycles. The number of anilines is 1. The largest absolute Gasteiger partial charge is 0.456 e. The van der Waals surface area contributed by atoms with Gasteiger partial charge in [0.15, 0.2) is 6.61 Å². The van der Waals surface area contributed by atoms with Gasteiger partial charge in [0, 0.05) is 11.9 Å². The summed E-state index contributed by atoms with van der Waals surface area (Å²) in [6.07, 6.45) is -0.771. The lowest BCUT2D eigenvalue weighted by molar-refractivity contribution is -0.150. The van der Waals surface area contributed by atoms with E-state index in [1.54, 1.807) is 25.8 Å². The molecule has 9 heteroatoms. The molecule has 2 aromatic rings. The number of fused-ring (bicyclic) bond motifs is 1. The van der Waals surface area contributed by atoms with Crippen molar-refractivity contribution in [1.82, 2.24) is 5.32 Å². The summed E-state index contributed by atoms with van der Waals surface area (Å²) in [6, 6.07) is 17.6. The van der Waals surface area contributed by atoms with Gasteiger partial charge in [0.25, 0.3) is 0 Å². The number of Topliss-reactive ketones (excluding diaryl/α,β-unsaturated/α-hetero) is 1. The summed E-state index contributed by atoms with van der Waals surface area (Å²) in [4.78, 5) is 40.2. The van der Waals surface area contributed by atoms with Crippen LogP contribution >= 0.6 is 11.8 Å². The SMILES string of the molecule is CC(C)[C@H](NC(=O)OCc1ccccc1)C(=O)OCC(=O)C(C#N)=C1Sc2ccccc2N1C. The lowest BCUT2D eigenvalue weighted by atomic mass is 10.1. The molecular weight excluding hydrogens is 454 g/mol. The molecule has 0 unspecified atom stereocenters. The molecule has 0 radical (unpaired) electrons. The summed E-state index contributed by atoms with van der Waals surface area (Å²) in [5, 5.41) is 12.6. The molecule has 176 valence electrons. The van der Waals surface area contributed by atoms with Crippen LogP contribution in [0.1, 0.15) is 19.4 Å². The maximum atomic E-state index is 12.7. The van der Waals surface area contributed by atoms with Crippen molar-refractivity contribution in [2.75, 3.05) is 18.6 Å². The van der Waals surface area contributed by atoms with E-state index in [-0.39, 0.29) is 18.1 Å². The van der Waals surface area contributed by atoms with Crippen molar-refractivity contribution in [1.29, 1.82) is 5.26 Å². The predicted octanol–water partition coefficient (Wildman–Crippen LogP) is 4.03. The minimum absolute atomic E-state index is 0.0533. The van der Waals surface area contributed by atoms with Crippen molar-refractivity contribution in [2.24, 2.45) is 5.92 Å². The number of nitrogens with one attached hydrogen (secondary N) is 1. The van der Waals surface area contributed by atoms with Gasteiger partial charge in [-0.25, -0.2) is 9.59 Å². The molecule has 8 nitrogen and oxygen atoms in total. The third kappa shape index (κ3) is 5.97. The average Bonchev–Trinajstić information content (AvgIpc) is 3.17. The molecular formula is C25H25N3O5S. The van der Waals surface area contributed by atoms with Gasteiger partial charge in [0.2, 0.25) is 5.78 Å². The van der Waals surface area contributed by atoms with Crippen LogP contribution < -0.4 is 10.2 Å². The zero-order valence-corrected chi connectivity index (χ0v) is 19.9. The maximum Gasteiger partial charge on any atom is 0.408 e. The van der Waals surface area contributed by atoms with Crippen molar-refractivity contribution in [3.05, 3.63) is 70.8 Å². The first-order valence-corrected chi connectivity index (χ1v) is 11.5. The predicted molar refractivity (Wildman–Crippen MR) is 128 cm³/mol. The zero-order chi connectivity index (χ0) is 24.7. The smallest absolute Gasteiger partial charge is 0.408 e. The summed E-state index contributed by atoms with van der Waals surface area (Å²) in [5.41, 5.74) is 1.60. The number of rotatable bonds is 8. The number of nitriles is 1. The molecule has 0 aliphatic carbocycles. The highest BCUT2D eigenvalue weighted by molar-refractivity contribution is 8.03. The number of ketones is 1. The number of alkyl carbamates (subject to hydrolysis) is 1. The Kier molecular flexibility index (Phi) is 8.33. The van der Waals surface area contributed by atoms with Gasteiger partial charge in [-0.3, -0.25) is 4.79 Å². The highest BCUT2D eigenvalue weighted by Gasteiger charge is 2.30. The van der Waals surface area contributed by atoms with Gasteiger partial charge in [-0.05, 0) is 23.6 Å². The first-order valence-electron chi connectivity index (χ1n) is 10.6. The van der Waals surface area contributed by atoms with E-state index >= 15 is 0 Å². The molecule has 0 aromatic heterocycles. The first-order chi connectivity index (χ1) is 16.3. The molecule has 0 saturated heterocycles. The summed E-state index contributed by atoms with van der Waals surface area (Å²) in [5.74, 6) is -1.71.